The predicted octanol–water partition coefficient (Wildman–Crippen LogP) is 4.42. The van der Waals surface area contributed by atoms with Crippen molar-refractivity contribution in [3.8, 4) is 5.75 Å². The second-order valence-electron chi connectivity index (χ2n) is 4.98. The van der Waals surface area contributed by atoms with Crippen molar-refractivity contribution in [1.29, 1.82) is 0 Å². The first kappa shape index (κ1) is 15.4. The number of anilines is 1. The third-order valence-corrected chi connectivity index (χ3v) is 3.71. The standard InChI is InChI=1S/C17H13ClFNO3/c1-22-12-3-4-13-10(9-23-16(13)8-12)6-17(21)20-11-2-5-15(19)14(18)7-11/h2-5,7-9H,6H2,1H3,(H,20,21). The minimum Gasteiger partial charge on any atom is -0.497 e. The summed E-state index contributed by atoms with van der Waals surface area (Å²) in [6.07, 6.45) is 1.68. The molecule has 3 aromatic rings. The van der Waals surface area contributed by atoms with Gasteiger partial charge in [-0.15, -0.1) is 0 Å². The molecule has 0 fully saturated rings. The lowest BCUT2D eigenvalue weighted by Gasteiger charge is -2.05. The molecule has 3 rings (SSSR count). The average Bonchev–Trinajstić information content (AvgIpc) is 2.93. The zero-order valence-corrected chi connectivity index (χ0v) is 13.0. The van der Waals surface area contributed by atoms with Gasteiger partial charge in [-0.05, 0) is 30.3 Å². The second kappa shape index (κ2) is 6.30. The van der Waals surface area contributed by atoms with E-state index in [1.807, 2.05) is 6.07 Å². The summed E-state index contributed by atoms with van der Waals surface area (Å²) < 4.78 is 23.7. The highest BCUT2D eigenvalue weighted by molar-refractivity contribution is 6.31. The third kappa shape index (κ3) is 3.29. The van der Waals surface area contributed by atoms with Gasteiger partial charge in [0.2, 0.25) is 5.91 Å². The van der Waals surface area contributed by atoms with Gasteiger partial charge in [0.05, 0.1) is 24.8 Å². The van der Waals surface area contributed by atoms with Crippen molar-refractivity contribution in [2.75, 3.05) is 12.4 Å². The second-order valence-corrected chi connectivity index (χ2v) is 5.38. The van der Waals surface area contributed by atoms with Crippen LogP contribution < -0.4 is 10.1 Å². The van der Waals surface area contributed by atoms with E-state index in [0.717, 1.165) is 10.9 Å². The number of hydrogen-bond donors (Lipinski definition) is 1. The normalized spacial score (nSPS) is 10.7. The smallest absolute Gasteiger partial charge is 0.228 e. The first-order valence-corrected chi connectivity index (χ1v) is 7.23. The molecular weight excluding hydrogens is 321 g/mol. The van der Waals surface area contributed by atoms with Crippen LogP contribution in [0.2, 0.25) is 5.02 Å². The van der Waals surface area contributed by atoms with Crippen LogP contribution in [0, 0.1) is 5.82 Å². The maximum Gasteiger partial charge on any atom is 0.228 e. The molecule has 0 saturated heterocycles. The highest BCUT2D eigenvalue weighted by Crippen LogP contribution is 2.26. The van der Waals surface area contributed by atoms with Crippen LogP contribution in [0.1, 0.15) is 5.56 Å². The van der Waals surface area contributed by atoms with Crippen molar-refractivity contribution < 1.29 is 18.3 Å². The molecule has 1 amide bonds. The average molecular weight is 334 g/mol. The highest BCUT2D eigenvalue weighted by atomic mass is 35.5. The fraction of sp³-hybridized carbons (Fsp3) is 0.118. The number of nitrogens with one attached hydrogen (secondary N) is 1. The van der Waals surface area contributed by atoms with E-state index in [4.69, 9.17) is 20.8 Å². The predicted molar refractivity (Wildman–Crippen MR) is 86.5 cm³/mol. The van der Waals surface area contributed by atoms with E-state index in [2.05, 4.69) is 5.32 Å². The molecule has 1 aromatic heterocycles. The number of carbonyl (C=O) groups excluding carboxylic acids is 1. The zero-order chi connectivity index (χ0) is 16.4. The molecule has 0 aliphatic carbocycles. The summed E-state index contributed by atoms with van der Waals surface area (Å²) in [7, 11) is 1.58. The van der Waals surface area contributed by atoms with Crippen molar-refractivity contribution in [3.63, 3.8) is 0 Å². The third-order valence-electron chi connectivity index (χ3n) is 3.42. The Bertz CT molecular complexity index is 875. The fourth-order valence-corrected chi connectivity index (χ4v) is 2.46. The van der Waals surface area contributed by atoms with Gasteiger partial charge >= 0.3 is 0 Å². The number of benzene rings is 2. The minimum atomic E-state index is -0.528. The van der Waals surface area contributed by atoms with E-state index in [1.165, 1.54) is 18.2 Å². The summed E-state index contributed by atoms with van der Waals surface area (Å²) in [4.78, 5) is 12.1. The van der Waals surface area contributed by atoms with Crippen LogP contribution in [0.5, 0.6) is 5.75 Å². The van der Waals surface area contributed by atoms with Crippen molar-refractivity contribution in [2.24, 2.45) is 0 Å². The van der Waals surface area contributed by atoms with Crippen LogP contribution in [-0.4, -0.2) is 13.0 Å². The summed E-state index contributed by atoms with van der Waals surface area (Å²) in [6.45, 7) is 0. The molecule has 0 aliphatic heterocycles. The molecule has 23 heavy (non-hydrogen) atoms. The van der Waals surface area contributed by atoms with Crippen LogP contribution in [0.15, 0.2) is 47.1 Å². The number of ether oxygens (including phenoxy) is 1. The summed E-state index contributed by atoms with van der Waals surface area (Å²) in [5.41, 5.74) is 1.85. The Balaban J connectivity index is 1.76. The van der Waals surface area contributed by atoms with E-state index in [1.54, 1.807) is 25.5 Å². The van der Waals surface area contributed by atoms with Crippen molar-refractivity contribution >= 4 is 34.2 Å². The lowest BCUT2D eigenvalue weighted by molar-refractivity contribution is -0.115. The van der Waals surface area contributed by atoms with Crippen LogP contribution in [0.25, 0.3) is 11.0 Å². The maximum atomic E-state index is 13.1. The Morgan fingerprint density at radius 3 is 2.87 bits per heavy atom. The highest BCUT2D eigenvalue weighted by Gasteiger charge is 2.12. The number of fused-ring (bicyclic) bond motifs is 1. The SMILES string of the molecule is COc1ccc2c(CC(=O)Nc3ccc(F)c(Cl)c3)coc2c1. The summed E-state index contributed by atoms with van der Waals surface area (Å²) in [5, 5.41) is 3.49. The minimum absolute atomic E-state index is 0.0383. The van der Waals surface area contributed by atoms with Crippen molar-refractivity contribution in [2.45, 2.75) is 6.42 Å². The van der Waals surface area contributed by atoms with Gasteiger partial charge < -0.3 is 14.5 Å². The molecule has 0 spiro atoms. The van der Waals surface area contributed by atoms with E-state index < -0.39 is 5.82 Å². The number of furan rings is 1. The van der Waals surface area contributed by atoms with E-state index in [-0.39, 0.29) is 17.4 Å². The fourth-order valence-electron chi connectivity index (χ4n) is 2.28. The molecular formula is C17H13ClFNO3. The largest absolute Gasteiger partial charge is 0.497 e. The van der Waals surface area contributed by atoms with Crippen molar-refractivity contribution in [3.05, 3.63) is 59.1 Å². The first-order chi connectivity index (χ1) is 11.1. The van der Waals surface area contributed by atoms with Crippen LogP contribution >= 0.6 is 11.6 Å². The number of hydrogen-bond acceptors (Lipinski definition) is 3. The van der Waals surface area contributed by atoms with Crippen LogP contribution in [0.4, 0.5) is 10.1 Å². The van der Waals surface area contributed by atoms with Gasteiger partial charge in [0.25, 0.3) is 0 Å². The van der Waals surface area contributed by atoms with E-state index >= 15 is 0 Å². The lowest BCUT2D eigenvalue weighted by Crippen LogP contribution is -2.14. The molecule has 0 aliphatic rings. The topological polar surface area (TPSA) is 51.5 Å². The van der Waals surface area contributed by atoms with Gasteiger partial charge in [-0.3, -0.25) is 4.79 Å². The Morgan fingerprint density at radius 1 is 1.30 bits per heavy atom. The Hall–Kier alpha value is -2.53. The number of amides is 1. The number of halogens is 2. The molecule has 1 heterocycles. The van der Waals surface area contributed by atoms with Gasteiger partial charge in [0.1, 0.15) is 17.1 Å². The molecule has 6 heteroatoms. The van der Waals surface area contributed by atoms with Crippen LogP contribution in [-0.2, 0) is 11.2 Å². The number of methoxy groups -OCH3 is 1. The van der Waals surface area contributed by atoms with Crippen LogP contribution in [0.3, 0.4) is 0 Å². The molecule has 1 N–H and O–H groups in total. The number of rotatable bonds is 4. The van der Waals surface area contributed by atoms with Crippen molar-refractivity contribution in [1.82, 2.24) is 0 Å². The molecule has 2 aromatic carbocycles. The Morgan fingerprint density at radius 2 is 2.13 bits per heavy atom. The quantitative estimate of drug-likeness (QED) is 0.769. The summed E-state index contributed by atoms with van der Waals surface area (Å²) in [6, 6.07) is 9.44. The summed E-state index contributed by atoms with van der Waals surface area (Å²) in [5.74, 6) is -0.0885. The number of carbonyl (C=O) groups is 1. The van der Waals surface area contributed by atoms with Gasteiger partial charge in [0.15, 0.2) is 0 Å². The Labute approximate surface area is 136 Å². The molecule has 0 unspecified atom stereocenters. The molecule has 118 valence electrons. The monoisotopic (exact) mass is 333 g/mol. The van der Waals surface area contributed by atoms with Gasteiger partial charge in [0, 0.05) is 22.7 Å². The first-order valence-electron chi connectivity index (χ1n) is 6.86. The van der Waals surface area contributed by atoms with Gasteiger partial charge in [-0.1, -0.05) is 11.6 Å². The van der Waals surface area contributed by atoms with Gasteiger partial charge in [-0.2, -0.15) is 0 Å². The zero-order valence-electron chi connectivity index (χ0n) is 12.2. The lowest BCUT2D eigenvalue weighted by atomic mass is 10.1. The molecule has 0 radical (unpaired) electrons. The Kier molecular flexibility index (Phi) is 4.21. The van der Waals surface area contributed by atoms with E-state index in [9.17, 15) is 9.18 Å². The van der Waals surface area contributed by atoms with Gasteiger partial charge in [-0.25, -0.2) is 4.39 Å². The molecule has 0 atom stereocenters. The molecule has 4 nitrogen and oxygen atoms in total. The molecule has 0 bridgehead atoms. The maximum absolute atomic E-state index is 13.1. The summed E-state index contributed by atoms with van der Waals surface area (Å²) >= 11 is 5.69. The van der Waals surface area contributed by atoms with E-state index in [0.29, 0.717) is 17.0 Å². The molecule has 0 saturated carbocycles.